The Morgan fingerprint density at radius 1 is 0.588 bits per heavy atom. The molecule has 0 spiro atoms. The number of unbranched alkanes of at least 4 members (excludes halogenated alkanes) is 1. The van der Waals surface area contributed by atoms with Crippen molar-refractivity contribution >= 4 is 11.8 Å². The maximum Gasteiger partial charge on any atom is 0.253 e. The summed E-state index contributed by atoms with van der Waals surface area (Å²) < 4.78 is 0. The van der Waals surface area contributed by atoms with Gasteiger partial charge in [-0.25, -0.2) is 0 Å². The molecule has 0 fully saturated rings. The number of imide groups is 1. The van der Waals surface area contributed by atoms with E-state index >= 15 is 0 Å². The second-order valence-corrected chi connectivity index (χ2v) is 9.94. The fourth-order valence-corrected chi connectivity index (χ4v) is 3.92. The zero-order valence-corrected chi connectivity index (χ0v) is 22.6. The van der Waals surface area contributed by atoms with E-state index in [-0.39, 0.29) is 11.8 Å². The van der Waals surface area contributed by atoms with Gasteiger partial charge >= 0.3 is 0 Å². The van der Waals surface area contributed by atoms with Crippen molar-refractivity contribution in [3.63, 3.8) is 0 Å². The molecule has 0 N–H and O–H groups in total. The van der Waals surface area contributed by atoms with Crippen LogP contribution >= 0.6 is 0 Å². The molecule has 1 aliphatic heterocycles. The molecular weight excluding hydrogens is 418 g/mol. The largest absolute Gasteiger partial charge is 0.275 e. The predicted octanol–water partition coefficient (Wildman–Crippen LogP) is 8.56. The van der Waals surface area contributed by atoms with Crippen LogP contribution in [0.15, 0.2) is 70.4 Å². The third kappa shape index (κ3) is 14.0. The average molecular weight is 466 g/mol. The smallest absolute Gasteiger partial charge is 0.253 e. The van der Waals surface area contributed by atoms with Crippen molar-refractivity contribution in [3.8, 4) is 0 Å². The number of amides is 2. The molecule has 1 heterocycles. The maximum atomic E-state index is 11.6. The van der Waals surface area contributed by atoms with Gasteiger partial charge in [0, 0.05) is 18.7 Å². The molecule has 0 aromatic heterocycles. The zero-order chi connectivity index (χ0) is 25.3. The van der Waals surface area contributed by atoms with E-state index < -0.39 is 0 Å². The molecule has 188 valence electrons. The first-order chi connectivity index (χ1) is 16.2. The summed E-state index contributed by atoms with van der Waals surface area (Å²) in [5, 5.41) is 0. The number of hydrogen-bond donors (Lipinski definition) is 0. The van der Waals surface area contributed by atoms with Gasteiger partial charge in [-0.3, -0.25) is 14.5 Å². The third-order valence-corrected chi connectivity index (χ3v) is 6.16. The van der Waals surface area contributed by atoms with E-state index in [0.29, 0.717) is 6.54 Å². The van der Waals surface area contributed by atoms with Gasteiger partial charge in [0.05, 0.1) is 0 Å². The summed E-state index contributed by atoms with van der Waals surface area (Å²) in [6.07, 6.45) is 25.2. The number of hydrogen-bond acceptors (Lipinski definition) is 2. The molecule has 1 aliphatic rings. The van der Waals surface area contributed by atoms with Gasteiger partial charge in [0.15, 0.2) is 0 Å². The monoisotopic (exact) mass is 465 g/mol. The van der Waals surface area contributed by atoms with Gasteiger partial charge in [-0.05, 0) is 106 Å². The van der Waals surface area contributed by atoms with E-state index in [9.17, 15) is 9.59 Å². The van der Waals surface area contributed by atoms with E-state index in [1.165, 1.54) is 51.3 Å². The summed E-state index contributed by atoms with van der Waals surface area (Å²) in [6, 6.07) is 0. The van der Waals surface area contributed by atoms with Crippen molar-refractivity contribution in [1.29, 1.82) is 0 Å². The van der Waals surface area contributed by atoms with Crippen LogP contribution in [0.25, 0.3) is 0 Å². The highest BCUT2D eigenvalue weighted by molar-refractivity contribution is 6.12. The first-order valence-electron chi connectivity index (χ1n) is 13.0. The van der Waals surface area contributed by atoms with Crippen LogP contribution < -0.4 is 0 Å². The van der Waals surface area contributed by atoms with Crippen molar-refractivity contribution in [2.45, 2.75) is 106 Å². The summed E-state index contributed by atoms with van der Waals surface area (Å²) in [6.45, 7) is 13.7. The maximum absolute atomic E-state index is 11.6. The molecule has 0 unspecified atom stereocenters. The second-order valence-electron chi connectivity index (χ2n) is 9.94. The molecule has 0 radical (unpaired) electrons. The SMILES string of the molecule is CC(C)=CCC/C(C)=C/CC/C(C)=C/CC/C=C(\C)CC/C=C(\C)CCCN1C(=O)C=CC1=O. The number of nitrogens with zero attached hydrogens (tertiary/aromatic N) is 1. The van der Waals surface area contributed by atoms with E-state index in [0.717, 1.165) is 57.8 Å². The van der Waals surface area contributed by atoms with Crippen LogP contribution in [-0.4, -0.2) is 23.3 Å². The third-order valence-electron chi connectivity index (χ3n) is 6.16. The van der Waals surface area contributed by atoms with Crippen molar-refractivity contribution < 1.29 is 9.59 Å². The lowest BCUT2D eigenvalue weighted by molar-refractivity contribution is -0.136. The Morgan fingerprint density at radius 2 is 0.971 bits per heavy atom. The average Bonchev–Trinajstić information content (AvgIpc) is 3.08. The fourth-order valence-electron chi connectivity index (χ4n) is 3.92. The molecule has 3 nitrogen and oxygen atoms in total. The lowest BCUT2D eigenvalue weighted by atomic mass is 10.0. The van der Waals surface area contributed by atoms with Gasteiger partial charge in [-0.2, -0.15) is 0 Å². The topological polar surface area (TPSA) is 37.4 Å². The molecular formula is C31H47NO2. The Labute approximate surface area is 209 Å². The van der Waals surface area contributed by atoms with Crippen LogP contribution in [0.3, 0.4) is 0 Å². The van der Waals surface area contributed by atoms with E-state index in [2.05, 4.69) is 71.9 Å². The standard InChI is InChI=1S/C31H47NO2/c1-25(2)13-9-16-28(5)19-10-17-26(3)14-7-8-15-27(4)18-11-20-29(6)21-12-24-32-30(33)22-23-31(32)34/h13-15,19-20,22-23H,7-12,16-18,21,24H2,1-6H3/b26-14+,27-15+,28-19+,29-20+. The van der Waals surface area contributed by atoms with Crippen LogP contribution in [-0.2, 0) is 9.59 Å². The molecule has 3 heteroatoms. The quantitative estimate of drug-likeness (QED) is 0.130. The molecule has 0 aliphatic carbocycles. The fraction of sp³-hybridized carbons (Fsp3) is 0.548. The molecule has 1 rings (SSSR count). The first kappa shape index (κ1) is 29.6. The van der Waals surface area contributed by atoms with Gasteiger partial charge in [-0.1, -0.05) is 58.2 Å². The van der Waals surface area contributed by atoms with Gasteiger partial charge in [-0.15, -0.1) is 0 Å². The van der Waals surface area contributed by atoms with Crippen LogP contribution in [0, 0.1) is 0 Å². The summed E-state index contributed by atoms with van der Waals surface area (Å²) in [5.41, 5.74) is 7.18. The summed E-state index contributed by atoms with van der Waals surface area (Å²) in [4.78, 5) is 24.4. The Balaban J connectivity index is 2.18. The first-order valence-corrected chi connectivity index (χ1v) is 13.0. The Kier molecular flexibility index (Phi) is 14.9. The highest BCUT2D eigenvalue weighted by Crippen LogP contribution is 2.15. The summed E-state index contributed by atoms with van der Waals surface area (Å²) in [7, 11) is 0. The number of allylic oxidation sites excluding steroid dienone is 10. The predicted molar refractivity (Wildman–Crippen MR) is 146 cm³/mol. The van der Waals surface area contributed by atoms with Gasteiger partial charge in [0.25, 0.3) is 11.8 Å². The normalized spacial score (nSPS) is 15.5. The van der Waals surface area contributed by atoms with Gasteiger partial charge in [0.2, 0.25) is 0 Å². The van der Waals surface area contributed by atoms with Crippen LogP contribution in [0.5, 0.6) is 0 Å². The van der Waals surface area contributed by atoms with E-state index in [4.69, 9.17) is 0 Å². The highest BCUT2D eigenvalue weighted by Gasteiger charge is 2.22. The zero-order valence-electron chi connectivity index (χ0n) is 22.6. The Bertz CT molecular complexity index is 827. The minimum Gasteiger partial charge on any atom is -0.275 e. The molecule has 0 saturated carbocycles. The number of rotatable bonds is 16. The van der Waals surface area contributed by atoms with Crippen LogP contribution in [0.1, 0.15) is 106 Å². The van der Waals surface area contributed by atoms with Crippen molar-refractivity contribution in [2.75, 3.05) is 6.54 Å². The van der Waals surface area contributed by atoms with Gasteiger partial charge in [0.1, 0.15) is 0 Å². The molecule has 0 atom stereocenters. The number of carbonyl (C=O) groups is 2. The molecule has 0 bridgehead atoms. The van der Waals surface area contributed by atoms with Crippen molar-refractivity contribution in [3.05, 3.63) is 70.4 Å². The number of carbonyl (C=O) groups excluding carboxylic acids is 2. The Hall–Kier alpha value is -2.42. The van der Waals surface area contributed by atoms with E-state index in [1.54, 1.807) is 0 Å². The van der Waals surface area contributed by atoms with E-state index in [1.807, 2.05) is 0 Å². The van der Waals surface area contributed by atoms with Crippen molar-refractivity contribution in [2.24, 2.45) is 0 Å². The molecule has 0 saturated heterocycles. The second kappa shape index (κ2) is 17.1. The lowest BCUT2D eigenvalue weighted by Gasteiger charge is -2.13. The molecule has 0 aromatic rings. The summed E-state index contributed by atoms with van der Waals surface area (Å²) >= 11 is 0. The lowest BCUT2D eigenvalue weighted by Crippen LogP contribution is -2.30. The molecule has 34 heavy (non-hydrogen) atoms. The van der Waals surface area contributed by atoms with Crippen molar-refractivity contribution in [1.82, 2.24) is 4.90 Å². The van der Waals surface area contributed by atoms with Crippen LogP contribution in [0.2, 0.25) is 0 Å². The minimum absolute atomic E-state index is 0.185. The minimum atomic E-state index is -0.185. The molecule has 0 aromatic carbocycles. The molecule has 2 amide bonds. The Morgan fingerprint density at radius 3 is 1.41 bits per heavy atom. The van der Waals surface area contributed by atoms with Crippen LogP contribution in [0.4, 0.5) is 0 Å². The van der Waals surface area contributed by atoms with Gasteiger partial charge < -0.3 is 0 Å². The highest BCUT2D eigenvalue weighted by atomic mass is 16.2. The summed E-state index contributed by atoms with van der Waals surface area (Å²) in [5.74, 6) is -0.370.